The lowest BCUT2D eigenvalue weighted by atomic mass is 10.1. The summed E-state index contributed by atoms with van der Waals surface area (Å²) in [4.78, 5) is 15.9. The van der Waals surface area contributed by atoms with Gasteiger partial charge in [-0.2, -0.15) is 0 Å². The first-order valence-corrected chi connectivity index (χ1v) is 9.34. The fraction of sp³-hybridized carbons (Fsp3) is 0.381. The highest BCUT2D eigenvalue weighted by molar-refractivity contribution is 5.73. The molecule has 0 aliphatic carbocycles. The monoisotopic (exact) mass is 369 g/mol. The number of benzene rings is 2. The lowest BCUT2D eigenvalue weighted by Crippen LogP contribution is -2.53. The van der Waals surface area contributed by atoms with E-state index >= 15 is 0 Å². The van der Waals surface area contributed by atoms with Gasteiger partial charge in [-0.1, -0.05) is 30.3 Å². The molecule has 0 saturated carbocycles. The van der Waals surface area contributed by atoms with Gasteiger partial charge in [0.05, 0.1) is 30.4 Å². The molecule has 3 N–H and O–H groups in total. The summed E-state index contributed by atoms with van der Waals surface area (Å²) in [6.45, 7) is 5.59. The van der Waals surface area contributed by atoms with Gasteiger partial charge in [0.2, 0.25) is 0 Å². The first-order valence-electron chi connectivity index (χ1n) is 9.34. The average molecular weight is 369 g/mol. The van der Waals surface area contributed by atoms with Gasteiger partial charge in [-0.3, -0.25) is 9.69 Å². The number of carbonyl (C=O) groups is 1. The molecule has 2 aromatic carbocycles. The number of carboxylic acid groups (broad SMARTS) is 1. The third kappa shape index (κ3) is 4.92. The molecule has 1 saturated heterocycles. The van der Waals surface area contributed by atoms with E-state index in [4.69, 9.17) is 10.5 Å². The Kier molecular flexibility index (Phi) is 6.19. The van der Waals surface area contributed by atoms with Crippen LogP contribution < -0.4 is 15.4 Å². The smallest absolute Gasteiger partial charge is 0.305 e. The van der Waals surface area contributed by atoms with E-state index in [1.807, 2.05) is 43.3 Å². The number of hydrogen-bond donors (Lipinski definition) is 2. The van der Waals surface area contributed by atoms with Gasteiger partial charge in [0, 0.05) is 32.2 Å². The lowest BCUT2D eigenvalue weighted by molar-refractivity contribution is -0.137. The van der Waals surface area contributed by atoms with Crippen molar-refractivity contribution < 1.29 is 14.6 Å². The van der Waals surface area contributed by atoms with Crippen LogP contribution in [-0.4, -0.2) is 48.3 Å². The third-order valence-electron chi connectivity index (χ3n) is 4.85. The standard InChI is InChI=1S/C21H27N3O3/c1-2-27-18-8-9-19(22)20(13-18)24-11-10-23(15-17(24)12-21(25)26)14-16-6-4-3-5-7-16/h3-9,13,17H,2,10-12,14-15,22H2,1H3,(H,25,26). The van der Waals surface area contributed by atoms with Gasteiger partial charge in [-0.25, -0.2) is 0 Å². The molecule has 2 aromatic rings. The number of rotatable bonds is 7. The Morgan fingerprint density at radius 3 is 2.70 bits per heavy atom. The van der Waals surface area contributed by atoms with E-state index in [2.05, 4.69) is 21.9 Å². The zero-order valence-corrected chi connectivity index (χ0v) is 15.7. The van der Waals surface area contributed by atoms with Gasteiger partial charge in [0.1, 0.15) is 5.75 Å². The van der Waals surface area contributed by atoms with Crippen LogP contribution in [0.15, 0.2) is 48.5 Å². The summed E-state index contributed by atoms with van der Waals surface area (Å²) in [5.74, 6) is -0.0476. The molecule has 0 bridgehead atoms. The molecule has 1 atom stereocenters. The minimum atomic E-state index is -0.800. The molecule has 27 heavy (non-hydrogen) atoms. The van der Waals surface area contributed by atoms with Gasteiger partial charge in [0.25, 0.3) is 0 Å². The Morgan fingerprint density at radius 2 is 2.00 bits per heavy atom. The lowest BCUT2D eigenvalue weighted by Gasteiger charge is -2.43. The number of ether oxygens (including phenoxy) is 1. The molecule has 1 aliphatic rings. The maximum atomic E-state index is 11.5. The molecule has 1 fully saturated rings. The number of carboxylic acids is 1. The van der Waals surface area contributed by atoms with Crippen LogP contribution in [0.3, 0.4) is 0 Å². The van der Waals surface area contributed by atoms with Crippen LogP contribution in [0, 0.1) is 0 Å². The van der Waals surface area contributed by atoms with E-state index in [9.17, 15) is 9.90 Å². The fourth-order valence-corrected chi connectivity index (χ4v) is 3.63. The second-order valence-corrected chi connectivity index (χ2v) is 6.82. The van der Waals surface area contributed by atoms with Crippen molar-refractivity contribution in [2.24, 2.45) is 0 Å². The molecule has 1 unspecified atom stereocenters. The number of anilines is 2. The van der Waals surface area contributed by atoms with Crippen LogP contribution in [0.25, 0.3) is 0 Å². The summed E-state index contributed by atoms with van der Waals surface area (Å²) in [6.07, 6.45) is 0.0730. The molecule has 6 nitrogen and oxygen atoms in total. The van der Waals surface area contributed by atoms with Crippen molar-refractivity contribution >= 4 is 17.3 Å². The van der Waals surface area contributed by atoms with Gasteiger partial charge < -0.3 is 20.5 Å². The molecule has 0 aromatic heterocycles. The molecule has 1 aliphatic heterocycles. The summed E-state index contributed by atoms with van der Waals surface area (Å²) in [6, 6.07) is 15.7. The van der Waals surface area contributed by atoms with Crippen molar-refractivity contribution in [1.29, 1.82) is 0 Å². The molecule has 144 valence electrons. The summed E-state index contributed by atoms with van der Waals surface area (Å²) >= 11 is 0. The van der Waals surface area contributed by atoms with Crippen molar-refractivity contribution in [2.45, 2.75) is 25.9 Å². The van der Waals surface area contributed by atoms with Crippen molar-refractivity contribution in [3.05, 3.63) is 54.1 Å². The molecular formula is C21H27N3O3. The SMILES string of the molecule is CCOc1ccc(N)c(N2CCN(Cc3ccccc3)CC2CC(=O)O)c1. The number of aliphatic carboxylic acids is 1. The Bertz CT molecular complexity index is 767. The minimum absolute atomic E-state index is 0.0730. The second-order valence-electron chi connectivity index (χ2n) is 6.82. The molecule has 6 heteroatoms. The van der Waals surface area contributed by atoms with Crippen LogP contribution >= 0.6 is 0 Å². The predicted octanol–water partition coefficient (Wildman–Crippen LogP) is 2.83. The Morgan fingerprint density at radius 1 is 1.22 bits per heavy atom. The highest BCUT2D eigenvalue weighted by atomic mass is 16.5. The van der Waals surface area contributed by atoms with Crippen LogP contribution in [-0.2, 0) is 11.3 Å². The quantitative estimate of drug-likeness (QED) is 0.731. The zero-order valence-electron chi connectivity index (χ0n) is 15.7. The van der Waals surface area contributed by atoms with E-state index in [1.54, 1.807) is 0 Å². The first-order chi connectivity index (χ1) is 13.1. The number of nitrogens with two attached hydrogens (primary N) is 1. The molecule has 0 spiro atoms. The first kappa shape index (κ1) is 19.0. The summed E-state index contributed by atoms with van der Waals surface area (Å²) < 4.78 is 5.60. The van der Waals surface area contributed by atoms with E-state index in [1.165, 1.54) is 5.56 Å². The third-order valence-corrected chi connectivity index (χ3v) is 4.85. The molecule has 1 heterocycles. The maximum Gasteiger partial charge on any atom is 0.305 e. The Hall–Kier alpha value is -2.73. The fourth-order valence-electron chi connectivity index (χ4n) is 3.63. The van der Waals surface area contributed by atoms with E-state index in [0.29, 0.717) is 18.8 Å². The Labute approximate surface area is 160 Å². The van der Waals surface area contributed by atoms with Gasteiger partial charge in [-0.15, -0.1) is 0 Å². The largest absolute Gasteiger partial charge is 0.494 e. The number of nitrogen functional groups attached to an aromatic ring is 1. The van der Waals surface area contributed by atoms with Crippen molar-refractivity contribution in [3.8, 4) is 5.75 Å². The normalized spacial score (nSPS) is 17.7. The highest BCUT2D eigenvalue weighted by Gasteiger charge is 2.30. The molecule has 0 amide bonds. The zero-order chi connectivity index (χ0) is 19.2. The molecule has 0 radical (unpaired) electrons. The summed E-state index contributed by atoms with van der Waals surface area (Å²) in [5, 5.41) is 9.41. The van der Waals surface area contributed by atoms with Crippen LogP contribution in [0.5, 0.6) is 5.75 Å². The van der Waals surface area contributed by atoms with Crippen LogP contribution in [0.1, 0.15) is 18.9 Å². The topological polar surface area (TPSA) is 79.0 Å². The van der Waals surface area contributed by atoms with Crippen LogP contribution in [0.4, 0.5) is 11.4 Å². The number of hydrogen-bond acceptors (Lipinski definition) is 5. The van der Waals surface area contributed by atoms with Gasteiger partial charge in [-0.05, 0) is 24.6 Å². The van der Waals surface area contributed by atoms with Crippen molar-refractivity contribution in [1.82, 2.24) is 4.90 Å². The second kappa shape index (κ2) is 8.77. The van der Waals surface area contributed by atoms with Crippen molar-refractivity contribution in [2.75, 3.05) is 36.9 Å². The van der Waals surface area contributed by atoms with Gasteiger partial charge in [0.15, 0.2) is 0 Å². The maximum absolute atomic E-state index is 11.5. The van der Waals surface area contributed by atoms with E-state index in [0.717, 1.165) is 31.1 Å². The molecule has 3 rings (SSSR count). The van der Waals surface area contributed by atoms with E-state index < -0.39 is 5.97 Å². The highest BCUT2D eigenvalue weighted by Crippen LogP contribution is 2.32. The summed E-state index contributed by atoms with van der Waals surface area (Å²) in [7, 11) is 0. The Balaban J connectivity index is 1.79. The van der Waals surface area contributed by atoms with E-state index in [-0.39, 0.29) is 12.5 Å². The minimum Gasteiger partial charge on any atom is -0.494 e. The summed E-state index contributed by atoms with van der Waals surface area (Å²) in [5.41, 5.74) is 8.94. The number of nitrogens with zero attached hydrogens (tertiary/aromatic N) is 2. The van der Waals surface area contributed by atoms with Crippen molar-refractivity contribution in [3.63, 3.8) is 0 Å². The molecular weight excluding hydrogens is 342 g/mol. The predicted molar refractivity (Wildman–Crippen MR) is 107 cm³/mol. The number of piperazine rings is 1. The van der Waals surface area contributed by atoms with Crippen LogP contribution in [0.2, 0.25) is 0 Å². The van der Waals surface area contributed by atoms with Gasteiger partial charge >= 0.3 is 5.97 Å². The average Bonchev–Trinajstić information content (AvgIpc) is 2.64.